The lowest BCUT2D eigenvalue weighted by atomic mass is 9.93. The minimum atomic E-state index is -0.218. The van der Waals surface area contributed by atoms with Crippen molar-refractivity contribution in [2.75, 3.05) is 25.5 Å². The summed E-state index contributed by atoms with van der Waals surface area (Å²) in [5.74, 6) is -0.218. The van der Waals surface area contributed by atoms with E-state index in [1.807, 2.05) is 39.8 Å². The zero-order valence-electron chi connectivity index (χ0n) is 17.3. The standard InChI is InChI=1S/C18H18N4O.2C2H6/c1-20-18(23)16-6-5-13(11-21-16)15-8-12-4-3-7-22(2)17(12)9-14(15)10-19;2*1-2/h5-6,8-9,11H,3-4,7H2,1-2H3,(H,20,23);2*1-2H3. The minimum absolute atomic E-state index is 0.218. The van der Waals surface area contributed by atoms with Crippen LogP contribution in [0.2, 0.25) is 0 Å². The lowest BCUT2D eigenvalue weighted by molar-refractivity contribution is 0.0958. The van der Waals surface area contributed by atoms with E-state index in [2.05, 4.69) is 34.4 Å². The number of pyridine rings is 1. The highest BCUT2D eigenvalue weighted by Gasteiger charge is 2.18. The molecule has 27 heavy (non-hydrogen) atoms. The van der Waals surface area contributed by atoms with E-state index in [-0.39, 0.29) is 5.91 Å². The van der Waals surface area contributed by atoms with Crippen LogP contribution in [0, 0.1) is 11.3 Å². The number of amides is 1. The second-order valence-corrected chi connectivity index (χ2v) is 5.67. The highest BCUT2D eigenvalue weighted by molar-refractivity contribution is 5.92. The molecule has 0 bridgehead atoms. The molecule has 1 amide bonds. The van der Waals surface area contributed by atoms with Gasteiger partial charge >= 0.3 is 0 Å². The number of aromatic nitrogens is 1. The summed E-state index contributed by atoms with van der Waals surface area (Å²) >= 11 is 0. The molecule has 1 aromatic carbocycles. The molecule has 3 rings (SSSR count). The molecule has 0 unspecified atom stereocenters. The Morgan fingerprint density at radius 2 is 1.93 bits per heavy atom. The van der Waals surface area contributed by atoms with Gasteiger partial charge in [0.1, 0.15) is 5.69 Å². The Hall–Kier alpha value is -2.87. The predicted octanol–water partition coefficient (Wildman–Crippen LogP) is 4.41. The second kappa shape index (κ2) is 11.0. The smallest absolute Gasteiger partial charge is 0.269 e. The van der Waals surface area contributed by atoms with Crippen LogP contribution in [-0.2, 0) is 6.42 Å². The summed E-state index contributed by atoms with van der Waals surface area (Å²) in [5, 5.41) is 12.0. The Kier molecular flexibility index (Phi) is 9.01. The van der Waals surface area contributed by atoms with Gasteiger partial charge in [0.25, 0.3) is 5.91 Å². The number of hydrogen-bond acceptors (Lipinski definition) is 4. The quantitative estimate of drug-likeness (QED) is 0.854. The first-order chi connectivity index (χ1) is 13.1. The van der Waals surface area contributed by atoms with Gasteiger partial charge in [-0.15, -0.1) is 0 Å². The SMILES string of the molecule is CC.CC.CNC(=O)c1ccc(-c2cc3c(cc2C#N)N(C)CCC3)cn1. The molecule has 0 spiro atoms. The van der Waals surface area contributed by atoms with Crippen molar-refractivity contribution in [3.05, 3.63) is 47.3 Å². The number of rotatable bonds is 2. The third-order valence-electron chi connectivity index (χ3n) is 4.22. The molecule has 1 aromatic heterocycles. The van der Waals surface area contributed by atoms with Gasteiger partial charge in [0.15, 0.2) is 0 Å². The molecule has 2 aromatic rings. The van der Waals surface area contributed by atoms with Crippen LogP contribution >= 0.6 is 0 Å². The van der Waals surface area contributed by atoms with Crippen LogP contribution < -0.4 is 10.2 Å². The molecule has 5 nitrogen and oxygen atoms in total. The van der Waals surface area contributed by atoms with Gasteiger partial charge in [-0.3, -0.25) is 9.78 Å². The fourth-order valence-corrected chi connectivity index (χ4v) is 2.96. The molecule has 1 N–H and O–H groups in total. The van der Waals surface area contributed by atoms with Crippen molar-refractivity contribution in [2.45, 2.75) is 40.5 Å². The van der Waals surface area contributed by atoms with E-state index >= 15 is 0 Å². The second-order valence-electron chi connectivity index (χ2n) is 5.67. The number of anilines is 1. The highest BCUT2D eigenvalue weighted by Crippen LogP contribution is 2.33. The Labute approximate surface area is 163 Å². The number of benzene rings is 1. The van der Waals surface area contributed by atoms with E-state index in [0.717, 1.165) is 36.2 Å². The number of carbonyl (C=O) groups excluding carboxylic acids is 1. The van der Waals surface area contributed by atoms with E-state index in [0.29, 0.717) is 11.3 Å². The first-order valence-corrected chi connectivity index (χ1v) is 9.60. The average Bonchev–Trinajstić information content (AvgIpc) is 2.75. The topological polar surface area (TPSA) is 69.0 Å². The predicted molar refractivity (Wildman–Crippen MR) is 112 cm³/mol. The summed E-state index contributed by atoms with van der Waals surface area (Å²) in [6.45, 7) is 9.01. The van der Waals surface area contributed by atoms with Gasteiger partial charge in [-0.25, -0.2) is 0 Å². The molecular formula is C22H30N4O. The average molecular weight is 367 g/mol. The van der Waals surface area contributed by atoms with Gasteiger partial charge in [-0.05, 0) is 36.6 Å². The molecule has 0 fully saturated rings. The molecule has 1 aliphatic heterocycles. The number of nitrogens with one attached hydrogen (secondary N) is 1. The fourth-order valence-electron chi connectivity index (χ4n) is 2.96. The van der Waals surface area contributed by atoms with Crippen LogP contribution in [0.5, 0.6) is 0 Å². The lowest BCUT2D eigenvalue weighted by Gasteiger charge is -2.28. The maximum atomic E-state index is 11.6. The summed E-state index contributed by atoms with van der Waals surface area (Å²) in [6, 6.07) is 9.84. The normalized spacial score (nSPS) is 11.7. The van der Waals surface area contributed by atoms with Crippen LogP contribution in [-0.4, -0.2) is 31.5 Å². The van der Waals surface area contributed by atoms with Crippen LogP contribution in [0.3, 0.4) is 0 Å². The Bertz CT molecular complexity index is 791. The highest BCUT2D eigenvalue weighted by atomic mass is 16.1. The zero-order chi connectivity index (χ0) is 20.4. The largest absolute Gasteiger partial charge is 0.374 e. The number of aryl methyl sites for hydroxylation is 1. The maximum Gasteiger partial charge on any atom is 0.269 e. The van der Waals surface area contributed by atoms with E-state index in [9.17, 15) is 10.1 Å². The van der Waals surface area contributed by atoms with Gasteiger partial charge in [0, 0.05) is 43.7 Å². The molecule has 0 saturated heterocycles. The summed E-state index contributed by atoms with van der Waals surface area (Å²) in [5.41, 5.74) is 5.11. The minimum Gasteiger partial charge on any atom is -0.374 e. The van der Waals surface area contributed by atoms with Crippen LogP contribution in [0.25, 0.3) is 11.1 Å². The number of nitrogens with zero attached hydrogens (tertiary/aromatic N) is 3. The van der Waals surface area contributed by atoms with E-state index in [4.69, 9.17) is 0 Å². The molecule has 0 aliphatic carbocycles. The van der Waals surface area contributed by atoms with Gasteiger partial charge in [0.2, 0.25) is 0 Å². The van der Waals surface area contributed by atoms with Gasteiger partial charge in [-0.2, -0.15) is 5.26 Å². The molecule has 2 heterocycles. The van der Waals surface area contributed by atoms with Crippen molar-refractivity contribution in [1.82, 2.24) is 10.3 Å². The van der Waals surface area contributed by atoms with Gasteiger partial charge in [-0.1, -0.05) is 33.8 Å². The van der Waals surface area contributed by atoms with E-state index in [1.54, 1.807) is 19.3 Å². The van der Waals surface area contributed by atoms with Crippen molar-refractivity contribution < 1.29 is 4.79 Å². The Morgan fingerprint density at radius 3 is 2.48 bits per heavy atom. The number of carbonyl (C=O) groups is 1. The number of fused-ring (bicyclic) bond motifs is 1. The lowest BCUT2D eigenvalue weighted by Crippen LogP contribution is -2.24. The summed E-state index contributed by atoms with van der Waals surface area (Å²) in [7, 11) is 3.63. The first kappa shape index (κ1) is 22.2. The monoisotopic (exact) mass is 366 g/mol. The first-order valence-electron chi connectivity index (χ1n) is 9.60. The zero-order valence-corrected chi connectivity index (χ0v) is 17.3. The molecule has 1 aliphatic rings. The Morgan fingerprint density at radius 1 is 1.22 bits per heavy atom. The van der Waals surface area contributed by atoms with Crippen molar-refractivity contribution in [3.63, 3.8) is 0 Å². The fraction of sp³-hybridized carbons (Fsp3) is 0.409. The van der Waals surface area contributed by atoms with E-state index in [1.165, 1.54) is 5.56 Å². The molecule has 0 atom stereocenters. The summed E-state index contributed by atoms with van der Waals surface area (Å²) in [6.07, 6.45) is 3.78. The molecular weight excluding hydrogens is 336 g/mol. The molecule has 144 valence electrons. The van der Waals surface area contributed by atoms with Gasteiger partial charge in [0.05, 0.1) is 11.6 Å². The van der Waals surface area contributed by atoms with Crippen LogP contribution in [0.1, 0.15) is 55.7 Å². The molecule has 0 saturated carbocycles. The van der Waals surface area contributed by atoms with Crippen molar-refractivity contribution in [3.8, 4) is 17.2 Å². The summed E-state index contributed by atoms with van der Waals surface area (Å²) < 4.78 is 0. The summed E-state index contributed by atoms with van der Waals surface area (Å²) in [4.78, 5) is 18.0. The third kappa shape index (κ3) is 5.07. The number of hydrogen-bond donors (Lipinski definition) is 1. The van der Waals surface area contributed by atoms with Crippen molar-refractivity contribution in [2.24, 2.45) is 0 Å². The Balaban J connectivity index is 0.000000855. The maximum absolute atomic E-state index is 11.6. The molecule has 5 heteroatoms. The number of nitriles is 1. The van der Waals surface area contributed by atoms with E-state index < -0.39 is 0 Å². The van der Waals surface area contributed by atoms with Crippen LogP contribution in [0.15, 0.2) is 30.5 Å². The van der Waals surface area contributed by atoms with Crippen molar-refractivity contribution >= 4 is 11.6 Å². The van der Waals surface area contributed by atoms with Crippen molar-refractivity contribution in [1.29, 1.82) is 5.26 Å². The van der Waals surface area contributed by atoms with Gasteiger partial charge < -0.3 is 10.2 Å². The van der Waals surface area contributed by atoms with Crippen LogP contribution in [0.4, 0.5) is 5.69 Å². The molecule has 0 radical (unpaired) electrons. The third-order valence-corrected chi connectivity index (χ3v) is 4.22.